The van der Waals surface area contributed by atoms with Crippen LogP contribution in [0.2, 0.25) is 5.02 Å². The molecule has 15 heteroatoms. The van der Waals surface area contributed by atoms with Crippen LogP contribution in [0.1, 0.15) is 52.5 Å². The Labute approximate surface area is 306 Å². The van der Waals surface area contributed by atoms with Crippen LogP contribution in [-0.2, 0) is 39.8 Å². The molecule has 2 N–H and O–H groups in total. The molecule has 0 saturated carbocycles. The predicted octanol–water partition coefficient (Wildman–Crippen LogP) is 4.30. The largest absolute Gasteiger partial charge is 0.495 e. The molecule has 0 aromatic heterocycles. The van der Waals surface area contributed by atoms with E-state index in [9.17, 15) is 24.3 Å². The number of nitrogens with one attached hydrogen (secondary N) is 1. The quantitative estimate of drug-likeness (QED) is 0.232. The fourth-order valence-corrected chi connectivity index (χ4v) is 7.17. The zero-order chi connectivity index (χ0) is 37.1. The van der Waals surface area contributed by atoms with Crippen molar-refractivity contribution in [1.29, 1.82) is 0 Å². The van der Waals surface area contributed by atoms with E-state index < -0.39 is 65.7 Å². The van der Waals surface area contributed by atoms with E-state index >= 15 is 0 Å². The van der Waals surface area contributed by atoms with E-state index in [2.05, 4.69) is 21.2 Å². The number of esters is 1. The first kappa shape index (κ1) is 39.6. The van der Waals surface area contributed by atoms with E-state index in [4.69, 9.17) is 35.3 Å². The van der Waals surface area contributed by atoms with Gasteiger partial charge in [-0.3, -0.25) is 14.9 Å². The van der Waals surface area contributed by atoms with Crippen molar-refractivity contribution in [3.05, 3.63) is 46.5 Å². The summed E-state index contributed by atoms with van der Waals surface area (Å²) < 4.78 is 29.1. The first-order chi connectivity index (χ1) is 23.5. The highest BCUT2D eigenvalue weighted by atomic mass is 79.9. The van der Waals surface area contributed by atoms with Gasteiger partial charge in [0.05, 0.1) is 25.3 Å². The number of rotatable bonds is 7. The Morgan fingerprint density at radius 1 is 1.28 bits per heavy atom. The number of allylic oxidation sites excluding steroid dienone is 3. The molecule has 3 amide bonds. The lowest BCUT2D eigenvalue weighted by Crippen LogP contribution is -2.63. The summed E-state index contributed by atoms with van der Waals surface area (Å²) in [5, 5.41) is 15.0. The molecule has 4 rings (SSSR count). The second-order valence-electron chi connectivity index (χ2n) is 13.2. The molecule has 8 atom stereocenters. The van der Waals surface area contributed by atoms with Crippen molar-refractivity contribution in [1.82, 2.24) is 10.2 Å². The van der Waals surface area contributed by atoms with E-state index in [1.54, 1.807) is 59.0 Å². The second kappa shape index (κ2) is 16.0. The standard InChI is InChI=1S/C35H47BrClN3O10/c1-9-28(41)39(5)20(3)32(43)49-27-16-29(42)40(6)23-14-22(15-24(46-7)30(23)37)13-21(18-36)11-10-12-26(47-8)35(45)17-25(48-33(44)38-35)19(2)31-34(27,4)50-31/h10-12,14-15,19-20,25-27,31,45H,9,13,16-18H2,1-8H3,(H,38,44). The highest BCUT2D eigenvalue weighted by molar-refractivity contribution is 9.09. The number of anilines is 1. The van der Waals surface area contributed by atoms with Crippen molar-refractivity contribution in [2.24, 2.45) is 5.92 Å². The summed E-state index contributed by atoms with van der Waals surface area (Å²) in [5.41, 5.74) is -0.905. The van der Waals surface area contributed by atoms with Crippen LogP contribution < -0.4 is 15.0 Å². The highest BCUT2D eigenvalue weighted by Crippen LogP contribution is 2.49. The van der Waals surface area contributed by atoms with Crippen molar-refractivity contribution >= 4 is 57.1 Å². The Bertz CT molecular complexity index is 1540. The summed E-state index contributed by atoms with van der Waals surface area (Å²) in [6.45, 7) is 6.75. The van der Waals surface area contributed by atoms with Crippen LogP contribution in [0.25, 0.3) is 0 Å². The van der Waals surface area contributed by atoms with Crippen molar-refractivity contribution in [3.63, 3.8) is 0 Å². The van der Waals surface area contributed by atoms with Gasteiger partial charge in [0, 0.05) is 45.3 Å². The molecule has 1 aromatic carbocycles. The summed E-state index contributed by atoms with van der Waals surface area (Å²) in [4.78, 5) is 55.4. The molecule has 3 aliphatic rings. The Morgan fingerprint density at radius 2 is 1.98 bits per heavy atom. The SMILES string of the molecule is CCC(=O)N(C)C(C)C(=O)OC1CC(=O)N(C)c2cc(cc(OC)c2Cl)CC(CBr)=CC=CC(OC)C2(O)CC(OC(=O)N2)C(C)C2OC12C. The van der Waals surface area contributed by atoms with E-state index in [0.29, 0.717) is 23.2 Å². The average molecular weight is 785 g/mol. The first-order valence-electron chi connectivity index (χ1n) is 16.5. The normalized spacial score (nSPS) is 30.7. The molecule has 4 bridgehead atoms. The van der Waals surface area contributed by atoms with E-state index in [1.165, 1.54) is 31.1 Å². The summed E-state index contributed by atoms with van der Waals surface area (Å²) in [6, 6.07) is 2.63. The number of halogens is 2. The van der Waals surface area contributed by atoms with Gasteiger partial charge in [0.15, 0.2) is 5.72 Å². The van der Waals surface area contributed by atoms with Gasteiger partial charge in [0.25, 0.3) is 0 Å². The molecule has 0 aliphatic carbocycles. The third kappa shape index (κ3) is 8.31. The van der Waals surface area contributed by atoms with E-state index in [0.717, 1.165) is 11.1 Å². The van der Waals surface area contributed by atoms with Crippen LogP contribution in [0.15, 0.2) is 35.9 Å². The van der Waals surface area contributed by atoms with Crippen LogP contribution in [0, 0.1) is 5.92 Å². The monoisotopic (exact) mass is 783 g/mol. The topological polar surface area (TPSA) is 156 Å². The number of carbonyl (C=O) groups is 4. The number of methoxy groups -OCH3 is 2. The summed E-state index contributed by atoms with van der Waals surface area (Å²) in [5.74, 6) is -1.56. The summed E-state index contributed by atoms with van der Waals surface area (Å²) >= 11 is 10.3. The smallest absolute Gasteiger partial charge is 0.409 e. The third-order valence-corrected chi connectivity index (χ3v) is 11.0. The average Bonchev–Trinajstić information content (AvgIpc) is 3.79. The fourth-order valence-electron chi connectivity index (χ4n) is 6.47. The third-order valence-electron chi connectivity index (χ3n) is 9.90. The lowest BCUT2D eigenvalue weighted by atomic mass is 9.83. The number of ether oxygens (including phenoxy) is 5. The number of nitrogens with zero attached hydrogens (tertiary/aromatic N) is 2. The first-order valence-corrected chi connectivity index (χ1v) is 18.0. The summed E-state index contributed by atoms with van der Waals surface area (Å²) in [6.07, 6.45) is 1.15. The molecule has 276 valence electrons. The lowest BCUT2D eigenvalue weighted by molar-refractivity contribution is -0.162. The van der Waals surface area contributed by atoms with Gasteiger partial charge in [-0.1, -0.05) is 65.2 Å². The van der Waals surface area contributed by atoms with Crippen molar-refractivity contribution < 1.29 is 48.0 Å². The number of hydrogen-bond acceptors (Lipinski definition) is 10. The number of fused-ring (bicyclic) bond motifs is 5. The maximum Gasteiger partial charge on any atom is 0.409 e. The predicted molar refractivity (Wildman–Crippen MR) is 189 cm³/mol. The van der Waals surface area contributed by atoms with Crippen LogP contribution >= 0.6 is 27.5 Å². The molecular formula is C35H47BrClN3O10. The molecule has 3 aliphatic heterocycles. The Hall–Kier alpha value is -3.17. The van der Waals surface area contributed by atoms with E-state index in [1.807, 2.05) is 6.08 Å². The molecule has 0 spiro atoms. The van der Waals surface area contributed by atoms with Crippen molar-refractivity contribution in [2.75, 3.05) is 38.5 Å². The number of likely N-dealkylation sites (N-methyl/N-ethyl adjacent to an activating group) is 1. The van der Waals surface area contributed by atoms with Gasteiger partial charge in [-0.25, -0.2) is 9.59 Å². The van der Waals surface area contributed by atoms with Crippen LogP contribution in [0.5, 0.6) is 5.75 Å². The molecule has 8 unspecified atom stereocenters. The van der Waals surface area contributed by atoms with Gasteiger partial charge in [-0.05, 0) is 38.0 Å². The molecule has 13 nitrogen and oxygen atoms in total. The van der Waals surface area contributed by atoms with Crippen LogP contribution in [0.4, 0.5) is 10.5 Å². The van der Waals surface area contributed by atoms with Crippen molar-refractivity contribution in [2.45, 2.75) is 95.2 Å². The maximum absolute atomic E-state index is 14.1. The minimum atomic E-state index is -1.83. The molecule has 3 heterocycles. The van der Waals surface area contributed by atoms with Crippen LogP contribution in [-0.4, -0.2) is 109 Å². The maximum atomic E-state index is 14.1. The van der Waals surface area contributed by atoms with Gasteiger partial charge in [0.2, 0.25) is 11.8 Å². The zero-order valence-electron chi connectivity index (χ0n) is 29.7. The lowest BCUT2D eigenvalue weighted by Gasteiger charge is -2.42. The van der Waals surface area contributed by atoms with Gasteiger partial charge in [-0.15, -0.1) is 0 Å². The van der Waals surface area contributed by atoms with Gasteiger partial charge in [0.1, 0.15) is 40.7 Å². The van der Waals surface area contributed by atoms with Crippen LogP contribution in [0.3, 0.4) is 0 Å². The Balaban J connectivity index is 1.81. The molecular weight excluding hydrogens is 738 g/mol. The molecule has 0 radical (unpaired) electrons. The van der Waals surface area contributed by atoms with Gasteiger partial charge < -0.3 is 38.6 Å². The number of epoxide rings is 1. The second-order valence-corrected chi connectivity index (χ2v) is 14.1. The molecule has 1 aromatic rings. The minimum Gasteiger partial charge on any atom is -0.495 e. The fraction of sp³-hybridized carbons (Fsp3) is 0.600. The number of benzene rings is 1. The summed E-state index contributed by atoms with van der Waals surface area (Å²) in [7, 11) is 6.00. The number of hydrogen-bond donors (Lipinski definition) is 2. The number of carbonyl (C=O) groups excluding carboxylic acids is 4. The Morgan fingerprint density at radius 3 is 2.60 bits per heavy atom. The molecule has 50 heavy (non-hydrogen) atoms. The molecule has 2 fully saturated rings. The zero-order valence-corrected chi connectivity index (χ0v) is 32.0. The Kier molecular flexibility index (Phi) is 12.7. The number of alkyl carbamates (subject to hydrolysis) is 1. The molecule has 2 saturated heterocycles. The number of alkyl halides is 1. The number of amides is 3. The van der Waals surface area contributed by atoms with Gasteiger partial charge in [-0.2, -0.15) is 0 Å². The van der Waals surface area contributed by atoms with Crippen molar-refractivity contribution in [3.8, 4) is 5.75 Å². The minimum absolute atomic E-state index is 0.0507. The highest BCUT2D eigenvalue weighted by Gasteiger charge is 2.64. The number of aliphatic hydroxyl groups is 1. The van der Waals surface area contributed by atoms with Gasteiger partial charge >= 0.3 is 12.1 Å². The van der Waals surface area contributed by atoms with E-state index in [-0.39, 0.29) is 30.2 Å².